The molecule has 1 atom stereocenters. The van der Waals surface area contributed by atoms with Crippen molar-refractivity contribution in [3.05, 3.63) is 35.4 Å². The molecule has 0 N–H and O–H groups in total. The third-order valence-electron chi connectivity index (χ3n) is 3.35. The van der Waals surface area contributed by atoms with Gasteiger partial charge in [0.1, 0.15) is 0 Å². The lowest BCUT2D eigenvalue weighted by atomic mass is 10.1. The average molecular weight is 274 g/mol. The number of ether oxygens (including phenoxy) is 2. The van der Waals surface area contributed by atoms with Crippen LogP contribution in [0.15, 0.2) is 24.3 Å². The quantitative estimate of drug-likeness (QED) is 0.833. The summed E-state index contributed by atoms with van der Waals surface area (Å²) >= 11 is 0. The molecule has 0 bridgehead atoms. The Kier molecular flexibility index (Phi) is 5.10. The molecule has 1 unspecified atom stereocenters. The molecule has 5 heteroatoms. The highest BCUT2D eigenvalue weighted by molar-refractivity contribution is 5.96. The van der Waals surface area contributed by atoms with Gasteiger partial charge in [0.25, 0.3) is 5.91 Å². The zero-order valence-electron chi connectivity index (χ0n) is 11.5. The van der Waals surface area contributed by atoms with E-state index in [2.05, 4.69) is 6.07 Å². The Morgan fingerprint density at radius 3 is 3.10 bits per heavy atom. The first-order valence-electron chi connectivity index (χ1n) is 6.65. The number of benzene rings is 1. The standard InChI is InChI=1S/C15H18N2O3/c1-19-8-6-13-11-17(7-9-20-13)15(18)14-5-3-2-4-12(14)10-16/h2-5,13H,6-9,11H2,1H3. The van der Waals surface area contributed by atoms with Crippen molar-refractivity contribution in [2.24, 2.45) is 0 Å². The number of carbonyl (C=O) groups excluding carboxylic acids is 1. The topological polar surface area (TPSA) is 62.6 Å². The molecule has 1 saturated heterocycles. The van der Waals surface area contributed by atoms with E-state index < -0.39 is 0 Å². The van der Waals surface area contributed by atoms with Crippen LogP contribution in [0.2, 0.25) is 0 Å². The van der Waals surface area contributed by atoms with Crippen LogP contribution in [-0.4, -0.2) is 50.3 Å². The molecule has 1 aromatic carbocycles. The Morgan fingerprint density at radius 1 is 1.55 bits per heavy atom. The van der Waals surface area contributed by atoms with Crippen LogP contribution < -0.4 is 0 Å². The van der Waals surface area contributed by atoms with Crippen LogP contribution in [0, 0.1) is 11.3 Å². The summed E-state index contributed by atoms with van der Waals surface area (Å²) in [5.74, 6) is -0.104. The van der Waals surface area contributed by atoms with E-state index >= 15 is 0 Å². The molecular weight excluding hydrogens is 256 g/mol. The van der Waals surface area contributed by atoms with E-state index in [1.165, 1.54) is 0 Å². The number of morpholine rings is 1. The van der Waals surface area contributed by atoms with Crippen LogP contribution in [-0.2, 0) is 9.47 Å². The first kappa shape index (κ1) is 14.5. The van der Waals surface area contributed by atoms with Crippen LogP contribution in [0.5, 0.6) is 0 Å². The van der Waals surface area contributed by atoms with Gasteiger partial charge in [-0.25, -0.2) is 0 Å². The Balaban J connectivity index is 2.07. The molecule has 2 rings (SSSR count). The van der Waals surface area contributed by atoms with Gasteiger partial charge < -0.3 is 14.4 Å². The minimum Gasteiger partial charge on any atom is -0.385 e. The maximum absolute atomic E-state index is 12.5. The van der Waals surface area contributed by atoms with Gasteiger partial charge in [-0.2, -0.15) is 5.26 Å². The number of amides is 1. The fourth-order valence-electron chi connectivity index (χ4n) is 2.27. The summed E-state index contributed by atoms with van der Waals surface area (Å²) in [6.07, 6.45) is 0.766. The Bertz CT molecular complexity index is 510. The van der Waals surface area contributed by atoms with Crippen molar-refractivity contribution in [2.45, 2.75) is 12.5 Å². The number of nitriles is 1. The summed E-state index contributed by atoms with van der Waals surface area (Å²) in [7, 11) is 1.65. The van der Waals surface area contributed by atoms with Crippen LogP contribution >= 0.6 is 0 Å². The molecule has 1 fully saturated rings. The number of methoxy groups -OCH3 is 1. The summed E-state index contributed by atoms with van der Waals surface area (Å²) in [6.45, 7) is 2.24. The van der Waals surface area contributed by atoms with E-state index in [9.17, 15) is 4.79 Å². The number of carbonyl (C=O) groups is 1. The molecule has 1 amide bonds. The summed E-state index contributed by atoms with van der Waals surface area (Å²) in [5.41, 5.74) is 0.875. The van der Waals surface area contributed by atoms with E-state index in [0.29, 0.717) is 37.4 Å². The third kappa shape index (κ3) is 3.35. The predicted octanol–water partition coefficient (Wildman–Crippen LogP) is 1.44. The molecule has 1 heterocycles. The summed E-state index contributed by atoms with van der Waals surface area (Å²) < 4.78 is 10.6. The van der Waals surface area contributed by atoms with Gasteiger partial charge in [0.05, 0.1) is 29.9 Å². The van der Waals surface area contributed by atoms with Gasteiger partial charge in [-0.15, -0.1) is 0 Å². The van der Waals surface area contributed by atoms with E-state index in [0.717, 1.165) is 6.42 Å². The van der Waals surface area contributed by atoms with Crippen LogP contribution in [0.4, 0.5) is 0 Å². The van der Waals surface area contributed by atoms with Crippen molar-refractivity contribution in [2.75, 3.05) is 33.4 Å². The molecule has 20 heavy (non-hydrogen) atoms. The third-order valence-corrected chi connectivity index (χ3v) is 3.35. The van der Waals surface area contributed by atoms with Gasteiger partial charge >= 0.3 is 0 Å². The maximum Gasteiger partial charge on any atom is 0.255 e. The fourth-order valence-corrected chi connectivity index (χ4v) is 2.27. The minimum atomic E-state index is -0.104. The fraction of sp³-hybridized carbons (Fsp3) is 0.467. The highest BCUT2D eigenvalue weighted by atomic mass is 16.5. The highest BCUT2D eigenvalue weighted by Crippen LogP contribution is 2.15. The minimum absolute atomic E-state index is 0.00176. The molecule has 0 aromatic heterocycles. The number of rotatable bonds is 4. The second-order valence-electron chi connectivity index (χ2n) is 4.68. The molecule has 0 radical (unpaired) electrons. The van der Waals surface area contributed by atoms with Crippen molar-refractivity contribution >= 4 is 5.91 Å². The molecule has 1 aromatic rings. The summed E-state index contributed by atoms with van der Waals surface area (Å²) in [5, 5.41) is 9.07. The highest BCUT2D eigenvalue weighted by Gasteiger charge is 2.26. The van der Waals surface area contributed by atoms with Crippen molar-refractivity contribution in [3.63, 3.8) is 0 Å². The number of nitrogens with zero attached hydrogens (tertiary/aromatic N) is 2. The SMILES string of the molecule is COCCC1CN(C(=O)c2ccccc2C#N)CCO1. The van der Waals surface area contributed by atoms with Crippen LogP contribution in [0.25, 0.3) is 0 Å². The number of hydrogen-bond acceptors (Lipinski definition) is 4. The monoisotopic (exact) mass is 274 g/mol. The van der Waals surface area contributed by atoms with E-state index in [4.69, 9.17) is 14.7 Å². The van der Waals surface area contributed by atoms with Crippen LogP contribution in [0.3, 0.4) is 0 Å². The molecule has 0 saturated carbocycles. The zero-order valence-corrected chi connectivity index (χ0v) is 11.5. The number of hydrogen-bond donors (Lipinski definition) is 0. The van der Waals surface area contributed by atoms with Gasteiger partial charge in [-0.3, -0.25) is 4.79 Å². The molecule has 106 valence electrons. The molecular formula is C15H18N2O3. The van der Waals surface area contributed by atoms with Crippen molar-refractivity contribution < 1.29 is 14.3 Å². The molecule has 0 spiro atoms. The van der Waals surface area contributed by atoms with Crippen molar-refractivity contribution in [1.29, 1.82) is 5.26 Å². The Labute approximate surface area is 118 Å². The van der Waals surface area contributed by atoms with Crippen molar-refractivity contribution in [1.82, 2.24) is 4.90 Å². The van der Waals surface area contributed by atoms with Gasteiger partial charge in [0, 0.05) is 26.8 Å². The van der Waals surface area contributed by atoms with Gasteiger partial charge in [-0.05, 0) is 18.6 Å². The zero-order chi connectivity index (χ0) is 14.4. The first-order valence-corrected chi connectivity index (χ1v) is 6.65. The smallest absolute Gasteiger partial charge is 0.255 e. The summed E-state index contributed by atoms with van der Waals surface area (Å²) in [4.78, 5) is 14.2. The lowest BCUT2D eigenvalue weighted by molar-refractivity contribution is -0.0332. The van der Waals surface area contributed by atoms with E-state index in [-0.39, 0.29) is 12.0 Å². The summed E-state index contributed by atoms with van der Waals surface area (Å²) in [6, 6.07) is 8.95. The lowest BCUT2D eigenvalue weighted by Crippen LogP contribution is -2.46. The Morgan fingerprint density at radius 2 is 2.35 bits per heavy atom. The largest absolute Gasteiger partial charge is 0.385 e. The van der Waals surface area contributed by atoms with E-state index in [1.807, 2.05) is 0 Å². The van der Waals surface area contributed by atoms with E-state index in [1.54, 1.807) is 36.3 Å². The molecule has 1 aliphatic rings. The second kappa shape index (κ2) is 7.04. The normalized spacial score (nSPS) is 18.6. The second-order valence-corrected chi connectivity index (χ2v) is 4.68. The lowest BCUT2D eigenvalue weighted by Gasteiger charge is -2.33. The Hall–Kier alpha value is -1.90. The van der Waals surface area contributed by atoms with Gasteiger partial charge in [-0.1, -0.05) is 12.1 Å². The van der Waals surface area contributed by atoms with Gasteiger partial charge in [0.15, 0.2) is 0 Å². The van der Waals surface area contributed by atoms with Gasteiger partial charge in [0.2, 0.25) is 0 Å². The first-order chi connectivity index (χ1) is 9.76. The van der Waals surface area contributed by atoms with Crippen LogP contribution in [0.1, 0.15) is 22.3 Å². The van der Waals surface area contributed by atoms with Crippen molar-refractivity contribution in [3.8, 4) is 6.07 Å². The molecule has 0 aliphatic carbocycles. The maximum atomic E-state index is 12.5. The average Bonchev–Trinajstić information content (AvgIpc) is 2.52. The molecule has 1 aliphatic heterocycles. The predicted molar refractivity (Wildman–Crippen MR) is 73.3 cm³/mol. The molecule has 5 nitrogen and oxygen atoms in total.